The van der Waals surface area contributed by atoms with Crippen LogP contribution in [0.15, 0.2) is 0 Å². The molecule has 16 atom stereocenters. The molecule has 0 N–H and O–H groups in total. The molecule has 14 aliphatic rings. The summed E-state index contributed by atoms with van der Waals surface area (Å²) in [5.41, 5.74) is 1.64. The Morgan fingerprint density at radius 3 is 0.486 bits per heavy atom. The van der Waals surface area contributed by atoms with Crippen molar-refractivity contribution < 1.29 is 14.2 Å². The lowest BCUT2D eigenvalue weighted by Crippen LogP contribution is -2.31. The number of hydrogen-bond acceptors (Lipinski definition) is 14. The summed E-state index contributed by atoms with van der Waals surface area (Å²) < 4.78 is 15.9. The van der Waals surface area contributed by atoms with Crippen LogP contribution in [0.1, 0.15) is 348 Å². The van der Waals surface area contributed by atoms with Crippen molar-refractivity contribution in [2.24, 2.45) is 125 Å². The van der Waals surface area contributed by atoms with Crippen LogP contribution >= 0.6 is 0 Å². The largest absolute Gasteiger partial charge is 0.380 e. The highest BCUT2D eigenvalue weighted by atomic mass is 16.5. The molecule has 3 saturated carbocycles. The highest BCUT2D eigenvalue weighted by Gasteiger charge is 2.48. The van der Waals surface area contributed by atoms with E-state index in [0.717, 1.165) is 183 Å². The third-order valence-corrected chi connectivity index (χ3v) is 27.6. The van der Waals surface area contributed by atoms with E-state index in [-0.39, 0.29) is 59.6 Å². The maximum absolute atomic E-state index is 5.30. The molecule has 0 amide bonds. The van der Waals surface area contributed by atoms with Gasteiger partial charge in [-0.25, -0.2) is 0 Å². The summed E-state index contributed by atoms with van der Waals surface area (Å²) in [5.74, 6) is 82.7. The number of hydrogen-bond donors (Lipinski definition) is 0. The van der Waals surface area contributed by atoms with Crippen LogP contribution in [0, 0.1) is 255 Å². The van der Waals surface area contributed by atoms with Crippen molar-refractivity contribution in [1.82, 2.24) is 53.9 Å². The van der Waals surface area contributed by atoms with E-state index < -0.39 is 0 Å². The third kappa shape index (κ3) is 70.2. The summed E-state index contributed by atoms with van der Waals surface area (Å²) in [4.78, 5) is 26.9. The zero-order chi connectivity index (χ0) is 111. The minimum absolute atomic E-state index is 0.125. The smallest absolute Gasteiger partial charge is 0.0710 e. The van der Waals surface area contributed by atoms with Crippen LogP contribution in [0.25, 0.3) is 0 Å². The molecule has 14 heteroatoms. The van der Waals surface area contributed by atoms with Crippen LogP contribution in [-0.2, 0) is 14.2 Å². The maximum Gasteiger partial charge on any atom is 0.0710 e. The van der Waals surface area contributed by atoms with Gasteiger partial charge in [0.25, 0.3) is 0 Å². The molecule has 3 aliphatic carbocycles. The van der Waals surface area contributed by atoms with Gasteiger partial charge in [-0.15, -0.1) is 0 Å². The number of ether oxygens (including phenoxy) is 3. The molecule has 0 spiro atoms. The number of piperidine rings is 3. The van der Waals surface area contributed by atoms with Crippen LogP contribution in [-0.4, -0.2) is 309 Å². The first-order valence-electron chi connectivity index (χ1n) is 58.5. The fourth-order valence-corrected chi connectivity index (χ4v) is 18.9. The second-order valence-corrected chi connectivity index (χ2v) is 58.0. The Hall–Kier alpha value is -5.40. The van der Waals surface area contributed by atoms with Gasteiger partial charge in [0.15, 0.2) is 0 Å². The van der Waals surface area contributed by atoms with Crippen LogP contribution in [0.3, 0.4) is 0 Å². The van der Waals surface area contributed by atoms with E-state index in [2.05, 4.69) is 461 Å². The zero-order valence-electron chi connectivity index (χ0n) is 105. The van der Waals surface area contributed by atoms with Gasteiger partial charge in [-0.05, 0) is 411 Å². The monoisotopic (exact) mass is 2040 g/mol. The minimum Gasteiger partial charge on any atom is -0.380 e. The van der Waals surface area contributed by atoms with Crippen LogP contribution in [0.5, 0.6) is 0 Å². The van der Waals surface area contributed by atoms with E-state index in [9.17, 15) is 0 Å². The summed E-state index contributed by atoms with van der Waals surface area (Å²) in [5, 5.41) is 0. The summed E-state index contributed by atoms with van der Waals surface area (Å²) >= 11 is 0. The molecule has 9 unspecified atom stereocenters. The van der Waals surface area contributed by atoms with E-state index in [4.69, 9.17) is 14.2 Å². The lowest BCUT2D eigenvalue weighted by Gasteiger charge is -2.21. The normalized spacial score (nSPS) is 26.3. The molecule has 0 aromatic heterocycles. The number of likely N-dealkylation sites (tertiary alicyclic amines) is 11. The third-order valence-electron chi connectivity index (χ3n) is 27.6. The van der Waals surface area contributed by atoms with Gasteiger partial charge in [-0.3, -0.25) is 53.9 Å². The number of rotatable bonds is 14. The molecule has 0 bridgehead atoms. The van der Waals surface area contributed by atoms with Crippen molar-refractivity contribution >= 4 is 0 Å². The maximum atomic E-state index is 5.30. The topological polar surface area (TPSA) is 63.3 Å². The van der Waals surface area contributed by atoms with Gasteiger partial charge in [0.2, 0.25) is 0 Å². The van der Waals surface area contributed by atoms with Crippen molar-refractivity contribution in [3.8, 4) is 130 Å². The fourth-order valence-electron chi connectivity index (χ4n) is 18.9. The molecule has 14 fully saturated rings. The Kier molecular flexibility index (Phi) is 58.6. The summed E-state index contributed by atoms with van der Waals surface area (Å²) in [6.45, 7) is 122. The molecule has 11 heterocycles. The quantitative estimate of drug-likeness (QED) is 0.155. The lowest BCUT2D eigenvalue weighted by molar-refractivity contribution is 0.109. The first-order valence-corrected chi connectivity index (χ1v) is 58.5. The zero-order valence-corrected chi connectivity index (χ0v) is 105. The molecule has 14 rings (SSSR count). The average molecular weight is 2040 g/mol. The van der Waals surface area contributed by atoms with Crippen molar-refractivity contribution in [2.75, 3.05) is 224 Å². The Morgan fingerprint density at radius 2 is 0.345 bits per heavy atom. The number of fused-ring (bicyclic) bond motifs is 3. The second-order valence-electron chi connectivity index (χ2n) is 58.0. The van der Waals surface area contributed by atoms with Crippen molar-refractivity contribution in [2.45, 2.75) is 378 Å². The van der Waals surface area contributed by atoms with Crippen LogP contribution in [0.4, 0.5) is 0 Å². The highest BCUT2D eigenvalue weighted by molar-refractivity contribution is 5.20. The Balaban J connectivity index is 0.000000339. The molecular weight excluding hydrogens is 1810 g/mol. The molecule has 0 aromatic carbocycles. The molecular formula is C134H229N11O3. The number of nitrogens with zero attached hydrogens (tertiary/aromatic N) is 11. The summed E-state index contributed by atoms with van der Waals surface area (Å²) in [7, 11) is 5.36. The molecule has 0 aromatic rings. The highest BCUT2D eigenvalue weighted by Crippen LogP contribution is 2.47. The van der Waals surface area contributed by atoms with Crippen molar-refractivity contribution in [3.05, 3.63) is 0 Å². The summed E-state index contributed by atoms with van der Waals surface area (Å²) in [6.07, 6.45) is 15.9. The SMILES string of the molecule is CC(C#CC(C)(C)C)N1CC2CC2C1.CC(C)(C)C#CCN1CC2CC2C1.CC1CCN(CC#CC(C)(C)C)C1.COC1CCN(CC#CC(C)(C)C)C1.CO[C@@H]1CCN(CC#CC(C)(C)C)C1.CO[C@H]1CCN(CC#CC(C)(C)C)C1.C[C@@H](C#CC(C)(C)C)N1CC2CC2C1.C[C@@H]1CCN(CC#CC(C)(C)C)C1.C[C@@H]1CCN(CC#CC(C)(C)C)C1.C[C@H]1CCN(CC#CC(C)(C)C)C1.C[C@H]1CCN(CC#CC(C)(C)C)C1. The second kappa shape index (κ2) is 64.3. The molecule has 0 radical (unpaired) electrons. The Labute approximate surface area is 919 Å². The predicted molar refractivity (Wildman–Crippen MR) is 640 cm³/mol. The van der Waals surface area contributed by atoms with E-state index in [1.54, 1.807) is 21.3 Å². The minimum atomic E-state index is 0.125. The van der Waals surface area contributed by atoms with Gasteiger partial charge in [0.1, 0.15) is 0 Å². The molecule has 148 heavy (non-hydrogen) atoms. The Bertz CT molecular complexity index is 4000. The van der Waals surface area contributed by atoms with E-state index in [1.165, 1.54) is 156 Å². The standard InChI is InChI=1S/2C13H21N.3C12H21NO.C12H19N.5C12H21N/c2*1-10(5-6-13(2,3)4)14-8-11-7-12(11)9-14;3*1-12(2,3)7-5-8-13-9-6-11(10-13)14-4;1-12(2,3)5-4-6-13-8-10-7-11(10)9-13;5*1-11-6-9-13(10-11)8-5-7-12(2,3)4/h2*10-12H,7-9H2,1-4H3;3*11H,6,8-10H2,1-4H3;10-11H,6-9H2,1-3H3;5*11H,6,8-10H2,1-4H3/t10-,11?,12?;;2*11-;;;4*11-;/m0.10..1100./s1. The summed E-state index contributed by atoms with van der Waals surface area (Å²) in [6, 6.07) is 0.920. The molecule has 838 valence electrons. The number of methoxy groups -OCH3 is 3. The lowest BCUT2D eigenvalue weighted by atomic mass is 9.97. The molecule has 11 aliphatic heterocycles. The first-order chi connectivity index (χ1) is 68.3. The average Bonchev–Trinajstić information content (AvgIpc) is 1.56. The van der Waals surface area contributed by atoms with Gasteiger partial charge in [0, 0.05) is 192 Å². The predicted octanol–water partition coefficient (Wildman–Crippen LogP) is 23.9. The first kappa shape index (κ1) is 135. The van der Waals surface area contributed by atoms with Crippen molar-refractivity contribution in [1.29, 1.82) is 0 Å². The van der Waals surface area contributed by atoms with Crippen molar-refractivity contribution in [3.63, 3.8) is 0 Å². The van der Waals surface area contributed by atoms with Gasteiger partial charge in [-0.2, -0.15) is 0 Å². The van der Waals surface area contributed by atoms with E-state index in [0.29, 0.717) is 30.4 Å². The van der Waals surface area contributed by atoms with Crippen LogP contribution in [0.2, 0.25) is 0 Å². The van der Waals surface area contributed by atoms with Gasteiger partial charge in [-0.1, -0.05) is 165 Å². The van der Waals surface area contributed by atoms with Gasteiger partial charge < -0.3 is 14.2 Å². The Morgan fingerprint density at radius 1 is 0.196 bits per heavy atom. The van der Waals surface area contributed by atoms with Gasteiger partial charge >= 0.3 is 0 Å². The van der Waals surface area contributed by atoms with Gasteiger partial charge in [0.05, 0.1) is 89.3 Å². The van der Waals surface area contributed by atoms with E-state index >= 15 is 0 Å². The molecule has 14 nitrogen and oxygen atoms in total. The molecule has 11 saturated heterocycles. The fraction of sp³-hybridized carbons (Fsp3) is 0.836. The van der Waals surface area contributed by atoms with E-state index in [1.807, 2.05) is 0 Å². The van der Waals surface area contributed by atoms with Crippen LogP contribution < -0.4 is 0 Å².